The summed E-state index contributed by atoms with van der Waals surface area (Å²) in [5.74, 6) is 0.0686. The number of hydrogen-bond acceptors (Lipinski definition) is 3. The van der Waals surface area contributed by atoms with Gasteiger partial charge in [0, 0.05) is 5.92 Å². The van der Waals surface area contributed by atoms with E-state index in [4.69, 9.17) is 4.74 Å². The van der Waals surface area contributed by atoms with Crippen LogP contribution < -0.4 is 0 Å². The van der Waals surface area contributed by atoms with Gasteiger partial charge in [-0.05, 0) is 25.7 Å². The van der Waals surface area contributed by atoms with Crippen LogP contribution in [0.3, 0.4) is 0 Å². The largest absolute Gasteiger partial charge is 0.457 e. The second kappa shape index (κ2) is 6.66. The maximum absolute atomic E-state index is 11.8. The third kappa shape index (κ3) is 4.33. The number of Topliss-reactive ketones (excluding diaryl/α,β-unsaturated/α-hetero) is 1. The number of ether oxygens (including phenoxy) is 1. The van der Waals surface area contributed by atoms with Crippen LogP contribution >= 0.6 is 0 Å². The minimum Gasteiger partial charge on any atom is -0.457 e. The van der Waals surface area contributed by atoms with E-state index in [0.29, 0.717) is 0 Å². The van der Waals surface area contributed by atoms with Crippen molar-refractivity contribution in [1.29, 1.82) is 0 Å². The molecule has 0 aromatic carbocycles. The van der Waals surface area contributed by atoms with Gasteiger partial charge >= 0.3 is 5.97 Å². The SMILES string of the molecule is CCCCC(CC)C(=O)COC(=O)C1CC1. The van der Waals surface area contributed by atoms with Crippen molar-refractivity contribution in [2.75, 3.05) is 6.61 Å². The summed E-state index contributed by atoms with van der Waals surface area (Å²) in [7, 11) is 0. The molecule has 0 aromatic rings. The first-order chi connectivity index (χ1) is 7.69. The summed E-state index contributed by atoms with van der Waals surface area (Å²) >= 11 is 0. The highest BCUT2D eigenvalue weighted by Gasteiger charge is 2.31. The molecule has 0 saturated heterocycles. The van der Waals surface area contributed by atoms with Gasteiger partial charge in [0.2, 0.25) is 0 Å². The van der Waals surface area contributed by atoms with Crippen molar-refractivity contribution < 1.29 is 14.3 Å². The van der Waals surface area contributed by atoms with Crippen molar-refractivity contribution in [1.82, 2.24) is 0 Å². The maximum atomic E-state index is 11.8. The molecular weight excluding hydrogens is 204 g/mol. The number of hydrogen-bond donors (Lipinski definition) is 0. The van der Waals surface area contributed by atoms with Gasteiger partial charge in [-0.1, -0.05) is 26.7 Å². The molecule has 0 heterocycles. The Bertz CT molecular complexity index is 244. The molecule has 1 saturated carbocycles. The number of unbranched alkanes of at least 4 members (excludes halogenated alkanes) is 1. The lowest BCUT2D eigenvalue weighted by molar-refractivity contribution is -0.150. The van der Waals surface area contributed by atoms with E-state index < -0.39 is 0 Å². The molecule has 0 amide bonds. The molecule has 1 rings (SSSR count). The quantitative estimate of drug-likeness (QED) is 0.598. The fourth-order valence-corrected chi connectivity index (χ4v) is 1.74. The number of rotatable bonds is 8. The molecule has 0 N–H and O–H groups in total. The molecule has 16 heavy (non-hydrogen) atoms. The van der Waals surface area contributed by atoms with Crippen LogP contribution in [0.5, 0.6) is 0 Å². The number of carbonyl (C=O) groups is 2. The lowest BCUT2D eigenvalue weighted by Gasteiger charge is -2.13. The summed E-state index contributed by atoms with van der Waals surface area (Å²) in [4.78, 5) is 23.0. The van der Waals surface area contributed by atoms with Gasteiger partial charge in [-0.3, -0.25) is 9.59 Å². The monoisotopic (exact) mass is 226 g/mol. The third-order valence-electron chi connectivity index (χ3n) is 3.12. The van der Waals surface area contributed by atoms with E-state index in [1.165, 1.54) is 0 Å². The summed E-state index contributed by atoms with van der Waals surface area (Å²) in [5, 5.41) is 0. The first kappa shape index (κ1) is 13.2. The molecule has 3 heteroatoms. The first-order valence-electron chi connectivity index (χ1n) is 6.38. The topological polar surface area (TPSA) is 43.4 Å². The standard InChI is InChI=1S/C13H22O3/c1-3-5-6-10(4-2)12(14)9-16-13(15)11-7-8-11/h10-11H,3-9H2,1-2H3. The van der Waals surface area contributed by atoms with Gasteiger partial charge in [0.15, 0.2) is 5.78 Å². The zero-order chi connectivity index (χ0) is 12.0. The average molecular weight is 226 g/mol. The molecular formula is C13H22O3. The number of carbonyl (C=O) groups excluding carboxylic acids is 2. The number of esters is 1. The van der Waals surface area contributed by atoms with Crippen molar-refractivity contribution >= 4 is 11.8 Å². The van der Waals surface area contributed by atoms with Crippen molar-refractivity contribution in [3.63, 3.8) is 0 Å². The van der Waals surface area contributed by atoms with Crippen molar-refractivity contribution in [2.45, 2.75) is 52.4 Å². The Balaban J connectivity index is 2.22. The van der Waals surface area contributed by atoms with Gasteiger partial charge in [-0.15, -0.1) is 0 Å². The first-order valence-corrected chi connectivity index (χ1v) is 6.38. The Hall–Kier alpha value is -0.860. The molecule has 1 aliphatic carbocycles. The molecule has 1 atom stereocenters. The summed E-state index contributed by atoms with van der Waals surface area (Å²) in [6.45, 7) is 4.11. The third-order valence-corrected chi connectivity index (χ3v) is 3.12. The minimum atomic E-state index is -0.182. The highest BCUT2D eigenvalue weighted by molar-refractivity contribution is 5.85. The van der Waals surface area contributed by atoms with E-state index in [0.717, 1.165) is 38.5 Å². The fraction of sp³-hybridized carbons (Fsp3) is 0.846. The van der Waals surface area contributed by atoms with Crippen molar-refractivity contribution in [2.24, 2.45) is 11.8 Å². The van der Waals surface area contributed by atoms with E-state index in [1.807, 2.05) is 6.92 Å². The van der Waals surface area contributed by atoms with Gasteiger partial charge in [0.1, 0.15) is 6.61 Å². The molecule has 1 unspecified atom stereocenters. The molecule has 1 aliphatic rings. The lowest BCUT2D eigenvalue weighted by Crippen LogP contribution is -2.22. The van der Waals surface area contributed by atoms with Gasteiger partial charge in [0.25, 0.3) is 0 Å². The lowest BCUT2D eigenvalue weighted by atomic mass is 9.95. The maximum Gasteiger partial charge on any atom is 0.309 e. The molecule has 92 valence electrons. The summed E-state index contributed by atoms with van der Waals surface area (Å²) in [6, 6.07) is 0. The predicted octanol–water partition coefficient (Wildman–Crippen LogP) is 2.73. The Kier molecular flexibility index (Phi) is 5.50. The zero-order valence-electron chi connectivity index (χ0n) is 10.3. The van der Waals surface area contributed by atoms with E-state index in [-0.39, 0.29) is 30.2 Å². The predicted molar refractivity (Wildman–Crippen MR) is 62.0 cm³/mol. The normalized spacial score (nSPS) is 16.9. The van der Waals surface area contributed by atoms with E-state index in [2.05, 4.69) is 6.92 Å². The second-order valence-electron chi connectivity index (χ2n) is 4.60. The van der Waals surface area contributed by atoms with Crippen LogP contribution in [-0.2, 0) is 14.3 Å². The van der Waals surface area contributed by atoms with Gasteiger partial charge in [-0.2, -0.15) is 0 Å². The molecule has 0 radical (unpaired) electrons. The van der Waals surface area contributed by atoms with E-state index in [1.54, 1.807) is 0 Å². The second-order valence-corrected chi connectivity index (χ2v) is 4.60. The molecule has 0 aliphatic heterocycles. The van der Waals surface area contributed by atoms with Gasteiger partial charge < -0.3 is 4.74 Å². The highest BCUT2D eigenvalue weighted by Crippen LogP contribution is 2.30. The summed E-state index contributed by atoms with van der Waals surface area (Å²) < 4.78 is 5.00. The zero-order valence-corrected chi connectivity index (χ0v) is 10.3. The minimum absolute atomic E-state index is 0.0163. The number of ketones is 1. The average Bonchev–Trinajstić information content (AvgIpc) is 3.10. The smallest absolute Gasteiger partial charge is 0.309 e. The van der Waals surface area contributed by atoms with Crippen LogP contribution in [0.4, 0.5) is 0 Å². The molecule has 0 spiro atoms. The van der Waals surface area contributed by atoms with Crippen LogP contribution in [0.25, 0.3) is 0 Å². The van der Waals surface area contributed by atoms with Crippen LogP contribution in [0.1, 0.15) is 52.4 Å². The van der Waals surface area contributed by atoms with E-state index >= 15 is 0 Å². The van der Waals surface area contributed by atoms with Crippen molar-refractivity contribution in [3.05, 3.63) is 0 Å². The van der Waals surface area contributed by atoms with Crippen LogP contribution in [0, 0.1) is 11.8 Å². The Labute approximate surface area is 97.5 Å². The van der Waals surface area contributed by atoms with Gasteiger partial charge in [0.05, 0.1) is 5.92 Å². The highest BCUT2D eigenvalue weighted by atomic mass is 16.5. The molecule has 3 nitrogen and oxygen atoms in total. The van der Waals surface area contributed by atoms with Crippen LogP contribution in [0.2, 0.25) is 0 Å². The molecule has 0 aromatic heterocycles. The fourth-order valence-electron chi connectivity index (χ4n) is 1.74. The Morgan fingerprint density at radius 2 is 2.00 bits per heavy atom. The summed E-state index contributed by atoms with van der Waals surface area (Å²) in [6.07, 6.45) is 5.80. The molecule has 1 fully saturated rings. The Morgan fingerprint density at radius 3 is 2.50 bits per heavy atom. The summed E-state index contributed by atoms with van der Waals surface area (Å²) in [5.41, 5.74) is 0. The van der Waals surface area contributed by atoms with Crippen LogP contribution in [-0.4, -0.2) is 18.4 Å². The van der Waals surface area contributed by atoms with Crippen LogP contribution in [0.15, 0.2) is 0 Å². The molecule has 0 bridgehead atoms. The van der Waals surface area contributed by atoms with E-state index in [9.17, 15) is 9.59 Å². The van der Waals surface area contributed by atoms with Crippen molar-refractivity contribution in [3.8, 4) is 0 Å². The Morgan fingerprint density at radius 1 is 1.31 bits per heavy atom. The van der Waals surface area contributed by atoms with Gasteiger partial charge in [-0.25, -0.2) is 0 Å².